The molecule has 2 heterocycles. The normalized spacial score (nSPS) is 38.8. The Labute approximate surface area is 102 Å². The van der Waals surface area contributed by atoms with E-state index in [4.69, 9.17) is 24.8 Å². The number of aliphatic carboxylic acids is 1. The zero-order valence-corrected chi connectivity index (χ0v) is 9.76. The number of aliphatic hydroxyl groups excluding tert-OH is 1. The zero-order valence-electron chi connectivity index (χ0n) is 9.76. The van der Waals surface area contributed by atoms with Gasteiger partial charge in [0.15, 0.2) is 18.1 Å². The van der Waals surface area contributed by atoms with Crippen LogP contribution in [0.15, 0.2) is 5.11 Å². The highest BCUT2D eigenvalue weighted by molar-refractivity contribution is 5.74. The summed E-state index contributed by atoms with van der Waals surface area (Å²) in [6.07, 6.45) is -4.08. The Kier molecular flexibility index (Phi) is 3.18. The number of rotatable bonds is 3. The van der Waals surface area contributed by atoms with Crippen LogP contribution in [-0.2, 0) is 19.0 Å². The van der Waals surface area contributed by atoms with Gasteiger partial charge < -0.3 is 24.4 Å². The molecule has 5 atom stereocenters. The van der Waals surface area contributed by atoms with Crippen molar-refractivity contribution >= 4 is 5.97 Å². The molecule has 9 heteroatoms. The van der Waals surface area contributed by atoms with Crippen LogP contribution >= 0.6 is 0 Å². The van der Waals surface area contributed by atoms with Gasteiger partial charge in [0.1, 0.15) is 18.3 Å². The molecular weight excluding hydrogens is 246 g/mol. The number of carbonyl (C=O) groups is 1. The average Bonchev–Trinajstić information content (AvgIpc) is 2.70. The van der Waals surface area contributed by atoms with Crippen LogP contribution in [0, 0.1) is 0 Å². The molecule has 9 nitrogen and oxygen atoms in total. The third kappa shape index (κ3) is 2.14. The van der Waals surface area contributed by atoms with Crippen LogP contribution in [0.5, 0.6) is 0 Å². The Hall–Kier alpha value is -1.38. The minimum atomic E-state index is -1.52. The maximum absolute atomic E-state index is 10.9. The van der Waals surface area contributed by atoms with Gasteiger partial charge in [0, 0.05) is 4.91 Å². The SMILES string of the molecule is CC1(C)O[C@H]2O[C@H](C(N=[N+]=[N-])C(=O)O)[C@H](O)[C@H]2O1. The highest BCUT2D eigenvalue weighted by Crippen LogP contribution is 2.38. The van der Waals surface area contributed by atoms with E-state index in [1.807, 2.05) is 0 Å². The fourth-order valence-corrected chi connectivity index (χ4v) is 2.09. The molecule has 2 saturated heterocycles. The van der Waals surface area contributed by atoms with Crippen LogP contribution in [0.4, 0.5) is 0 Å². The van der Waals surface area contributed by atoms with E-state index in [9.17, 15) is 9.90 Å². The first-order valence-corrected chi connectivity index (χ1v) is 5.32. The minimum Gasteiger partial charge on any atom is -0.481 e. The first kappa shape index (κ1) is 13.1. The molecular formula is C9H13N3O6. The van der Waals surface area contributed by atoms with E-state index in [0.29, 0.717) is 0 Å². The standard InChI is InChI=1S/C9H13N3O6/c1-9(2)17-6-4(13)5(16-8(6)18-9)3(7(14)15)11-12-10/h3-6,8,13H,1-2H3,(H,14,15)/t3?,4-,5+,6+,8+/m0/s1. The van der Waals surface area contributed by atoms with E-state index >= 15 is 0 Å². The number of fused-ring (bicyclic) bond motifs is 1. The minimum absolute atomic E-state index is 0.791. The molecule has 18 heavy (non-hydrogen) atoms. The van der Waals surface area contributed by atoms with Crippen molar-refractivity contribution in [1.29, 1.82) is 0 Å². The number of aliphatic hydroxyl groups is 1. The lowest BCUT2D eigenvalue weighted by Crippen LogP contribution is -2.43. The summed E-state index contributed by atoms with van der Waals surface area (Å²) in [6.45, 7) is 3.30. The summed E-state index contributed by atoms with van der Waals surface area (Å²) in [4.78, 5) is 13.4. The van der Waals surface area contributed by atoms with Gasteiger partial charge >= 0.3 is 5.97 Å². The maximum atomic E-state index is 10.9. The molecule has 2 aliphatic rings. The van der Waals surface area contributed by atoms with E-state index in [-0.39, 0.29) is 0 Å². The molecule has 0 aromatic carbocycles. The molecule has 2 fully saturated rings. The molecule has 0 spiro atoms. The summed E-state index contributed by atoms with van der Waals surface area (Å²) >= 11 is 0. The number of carboxylic acid groups (broad SMARTS) is 1. The smallest absolute Gasteiger partial charge is 0.315 e. The van der Waals surface area contributed by atoms with Crippen LogP contribution in [-0.4, -0.2) is 52.6 Å². The van der Waals surface area contributed by atoms with Crippen molar-refractivity contribution in [3.8, 4) is 0 Å². The number of hydrogen-bond acceptors (Lipinski definition) is 6. The van der Waals surface area contributed by atoms with E-state index in [2.05, 4.69) is 10.0 Å². The van der Waals surface area contributed by atoms with Gasteiger partial charge in [0.2, 0.25) is 0 Å². The largest absolute Gasteiger partial charge is 0.481 e. The fraction of sp³-hybridized carbons (Fsp3) is 0.889. The average molecular weight is 259 g/mol. The fourth-order valence-electron chi connectivity index (χ4n) is 2.09. The highest BCUT2D eigenvalue weighted by Gasteiger charge is 2.57. The van der Waals surface area contributed by atoms with Crippen molar-refractivity contribution in [2.75, 3.05) is 0 Å². The molecule has 0 radical (unpaired) electrons. The van der Waals surface area contributed by atoms with E-state index in [1.165, 1.54) is 0 Å². The van der Waals surface area contributed by atoms with Crippen molar-refractivity contribution in [3.63, 3.8) is 0 Å². The van der Waals surface area contributed by atoms with Crippen molar-refractivity contribution in [3.05, 3.63) is 10.4 Å². The number of nitrogens with zero attached hydrogens (tertiary/aromatic N) is 3. The number of hydrogen-bond donors (Lipinski definition) is 2. The molecule has 0 amide bonds. The molecule has 1 unspecified atom stereocenters. The van der Waals surface area contributed by atoms with Gasteiger partial charge in [-0.1, -0.05) is 5.11 Å². The number of ether oxygens (including phenoxy) is 3. The summed E-state index contributed by atoms with van der Waals surface area (Å²) in [5.74, 6) is -2.28. The first-order chi connectivity index (χ1) is 8.35. The van der Waals surface area contributed by atoms with Gasteiger partial charge in [-0.25, -0.2) is 0 Å². The van der Waals surface area contributed by atoms with Gasteiger partial charge in [0.05, 0.1) is 0 Å². The van der Waals surface area contributed by atoms with Crippen molar-refractivity contribution in [1.82, 2.24) is 0 Å². The van der Waals surface area contributed by atoms with Crippen LogP contribution in [0.1, 0.15) is 13.8 Å². The summed E-state index contributed by atoms with van der Waals surface area (Å²) < 4.78 is 16.0. The van der Waals surface area contributed by atoms with E-state index < -0.39 is 42.4 Å². The first-order valence-electron chi connectivity index (χ1n) is 5.32. The molecule has 0 aromatic heterocycles. The molecule has 0 saturated carbocycles. The number of azide groups is 1. The highest BCUT2D eigenvalue weighted by atomic mass is 16.8. The molecule has 0 aliphatic carbocycles. The monoisotopic (exact) mass is 259 g/mol. The molecule has 0 bridgehead atoms. The lowest BCUT2D eigenvalue weighted by Gasteiger charge is -2.24. The third-order valence-electron chi connectivity index (χ3n) is 2.79. The van der Waals surface area contributed by atoms with Crippen molar-refractivity contribution in [2.45, 2.75) is 50.3 Å². The third-order valence-corrected chi connectivity index (χ3v) is 2.79. The van der Waals surface area contributed by atoms with Gasteiger partial charge in [-0.15, -0.1) is 0 Å². The lowest BCUT2D eigenvalue weighted by atomic mass is 10.0. The molecule has 2 rings (SSSR count). The predicted molar refractivity (Wildman–Crippen MR) is 55.3 cm³/mol. The van der Waals surface area contributed by atoms with E-state index in [0.717, 1.165) is 0 Å². The zero-order chi connectivity index (χ0) is 13.5. The van der Waals surface area contributed by atoms with Crippen LogP contribution in [0.2, 0.25) is 0 Å². The summed E-state index contributed by atoms with van der Waals surface area (Å²) in [6, 6.07) is -1.52. The summed E-state index contributed by atoms with van der Waals surface area (Å²) in [7, 11) is 0. The van der Waals surface area contributed by atoms with Gasteiger partial charge in [-0.3, -0.25) is 4.79 Å². The topological polar surface area (TPSA) is 134 Å². The lowest BCUT2D eigenvalue weighted by molar-refractivity contribution is -0.217. The van der Waals surface area contributed by atoms with Gasteiger partial charge in [-0.2, -0.15) is 0 Å². The Morgan fingerprint density at radius 2 is 2.17 bits per heavy atom. The summed E-state index contributed by atoms with van der Waals surface area (Å²) in [5.41, 5.74) is 8.31. The quantitative estimate of drug-likeness (QED) is 0.415. The van der Waals surface area contributed by atoms with Crippen LogP contribution < -0.4 is 0 Å². The molecule has 100 valence electrons. The second-order valence-corrected chi connectivity index (χ2v) is 4.55. The number of carboxylic acids is 1. The van der Waals surface area contributed by atoms with Crippen molar-refractivity contribution in [2.24, 2.45) is 5.11 Å². The molecule has 2 N–H and O–H groups in total. The van der Waals surface area contributed by atoms with Crippen LogP contribution in [0.3, 0.4) is 0 Å². The summed E-state index contributed by atoms with van der Waals surface area (Å²) in [5, 5.41) is 22.0. The Morgan fingerprint density at radius 3 is 2.67 bits per heavy atom. The van der Waals surface area contributed by atoms with Crippen LogP contribution in [0.25, 0.3) is 10.4 Å². The van der Waals surface area contributed by atoms with Crippen molar-refractivity contribution < 1.29 is 29.2 Å². The van der Waals surface area contributed by atoms with Gasteiger partial charge in [-0.05, 0) is 19.4 Å². The Bertz CT molecular complexity index is 405. The molecule has 2 aliphatic heterocycles. The maximum Gasteiger partial charge on any atom is 0.315 e. The second kappa shape index (κ2) is 4.38. The van der Waals surface area contributed by atoms with E-state index in [1.54, 1.807) is 13.8 Å². The second-order valence-electron chi connectivity index (χ2n) is 4.55. The molecule has 0 aromatic rings. The predicted octanol–water partition coefficient (Wildman–Crippen LogP) is -0.0128. The van der Waals surface area contributed by atoms with Gasteiger partial charge in [0.25, 0.3) is 0 Å². The Balaban J connectivity index is 2.16. The Morgan fingerprint density at radius 1 is 1.50 bits per heavy atom.